The first-order valence-electron chi connectivity index (χ1n) is 6.53. The second-order valence-corrected chi connectivity index (χ2v) is 5.34. The molecule has 1 N–H and O–H groups in total. The maximum Gasteiger partial charge on any atom is 0.0299 e. The summed E-state index contributed by atoms with van der Waals surface area (Å²) in [6.07, 6.45) is 9.42. The quantitative estimate of drug-likeness (QED) is 0.820. The van der Waals surface area contributed by atoms with E-state index < -0.39 is 0 Å². The van der Waals surface area contributed by atoms with Crippen LogP contribution >= 0.6 is 0 Å². The fourth-order valence-corrected chi connectivity index (χ4v) is 3.55. The second kappa shape index (κ2) is 4.54. The van der Waals surface area contributed by atoms with Gasteiger partial charge in [0.15, 0.2) is 0 Å². The maximum atomic E-state index is 4.22. The number of rotatable bonds is 2. The Bertz CT molecular complexity index is 336. The van der Waals surface area contributed by atoms with Crippen LogP contribution in [0.1, 0.15) is 24.8 Å². The minimum Gasteiger partial charge on any atom is -0.316 e. The van der Waals surface area contributed by atoms with Crippen LogP contribution in [0.4, 0.5) is 0 Å². The topological polar surface area (TPSA) is 24.9 Å². The summed E-state index contributed by atoms with van der Waals surface area (Å²) in [5.41, 5.74) is 1.42. The van der Waals surface area contributed by atoms with E-state index in [1.54, 1.807) is 0 Å². The molecule has 1 aliphatic carbocycles. The van der Waals surface area contributed by atoms with Crippen LogP contribution in [0.25, 0.3) is 0 Å². The van der Waals surface area contributed by atoms with Gasteiger partial charge in [0.05, 0.1) is 0 Å². The van der Waals surface area contributed by atoms with E-state index in [1.807, 2.05) is 12.4 Å². The van der Waals surface area contributed by atoms with Crippen LogP contribution in [0.5, 0.6) is 0 Å². The Morgan fingerprint density at radius 1 is 1.31 bits per heavy atom. The molecule has 2 aliphatic rings. The van der Waals surface area contributed by atoms with Gasteiger partial charge in [-0.1, -0.05) is 12.5 Å². The summed E-state index contributed by atoms with van der Waals surface area (Å²) in [6.45, 7) is 2.50. The number of pyridine rings is 1. The van der Waals surface area contributed by atoms with Crippen molar-refractivity contribution in [1.29, 1.82) is 0 Å². The summed E-state index contributed by atoms with van der Waals surface area (Å²) < 4.78 is 0. The first kappa shape index (κ1) is 10.3. The number of nitrogens with one attached hydrogen (secondary N) is 1. The molecule has 0 bridgehead atoms. The van der Waals surface area contributed by atoms with Crippen molar-refractivity contribution in [2.45, 2.75) is 25.7 Å². The van der Waals surface area contributed by atoms with Crippen LogP contribution in [-0.2, 0) is 6.42 Å². The van der Waals surface area contributed by atoms with E-state index in [9.17, 15) is 0 Å². The first-order valence-corrected chi connectivity index (χ1v) is 6.53. The lowest BCUT2D eigenvalue weighted by atomic mass is 9.72. The van der Waals surface area contributed by atoms with Gasteiger partial charge >= 0.3 is 0 Å². The highest BCUT2D eigenvalue weighted by Gasteiger charge is 2.36. The number of fused-ring (bicyclic) bond motifs is 1. The molecule has 1 saturated carbocycles. The standard InChI is InChI=1S/C14H20N2/c1-4-12(7-11-3-2-6-15-8-11)14-10-16-9-13(14)5-1/h2-3,6,8,12-14,16H,1,4-5,7,9-10H2/t12-,13-,14-/m1/s1. The van der Waals surface area contributed by atoms with E-state index in [4.69, 9.17) is 0 Å². The Morgan fingerprint density at radius 3 is 3.19 bits per heavy atom. The average Bonchev–Trinajstić information content (AvgIpc) is 2.80. The van der Waals surface area contributed by atoms with Crippen LogP contribution in [0.2, 0.25) is 0 Å². The Morgan fingerprint density at radius 2 is 2.31 bits per heavy atom. The van der Waals surface area contributed by atoms with E-state index >= 15 is 0 Å². The van der Waals surface area contributed by atoms with Gasteiger partial charge < -0.3 is 5.32 Å². The Labute approximate surface area is 97.5 Å². The van der Waals surface area contributed by atoms with Crippen LogP contribution in [0, 0.1) is 17.8 Å². The largest absolute Gasteiger partial charge is 0.316 e. The number of nitrogens with zero attached hydrogens (tertiary/aromatic N) is 1. The molecule has 2 heteroatoms. The minimum absolute atomic E-state index is 0.887. The maximum absolute atomic E-state index is 4.22. The highest BCUT2D eigenvalue weighted by Crippen LogP contribution is 2.38. The van der Waals surface area contributed by atoms with Crippen molar-refractivity contribution in [3.63, 3.8) is 0 Å². The van der Waals surface area contributed by atoms with Gasteiger partial charge in [-0.3, -0.25) is 4.98 Å². The molecular formula is C14H20N2. The van der Waals surface area contributed by atoms with Gasteiger partial charge in [0.1, 0.15) is 0 Å². The molecule has 0 amide bonds. The van der Waals surface area contributed by atoms with Gasteiger partial charge in [0.2, 0.25) is 0 Å². The highest BCUT2D eigenvalue weighted by molar-refractivity contribution is 5.10. The van der Waals surface area contributed by atoms with Crippen LogP contribution in [0.3, 0.4) is 0 Å². The van der Waals surface area contributed by atoms with Gasteiger partial charge in [-0.15, -0.1) is 0 Å². The molecule has 2 fully saturated rings. The Kier molecular flexibility index (Phi) is 2.92. The predicted molar refractivity (Wildman–Crippen MR) is 65.1 cm³/mol. The first-order chi connectivity index (χ1) is 7.93. The molecule has 0 aromatic carbocycles. The molecule has 3 rings (SSSR count). The van der Waals surface area contributed by atoms with Crippen molar-refractivity contribution in [3.05, 3.63) is 30.1 Å². The molecule has 86 valence electrons. The molecular weight excluding hydrogens is 196 g/mol. The normalized spacial score (nSPS) is 33.6. The van der Waals surface area contributed by atoms with Gasteiger partial charge in [0, 0.05) is 12.4 Å². The van der Waals surface area contributed by atoms with Crippen LogP contribution in [-0.4, -0.2) is 18.1 Å². The predicted octanol–water partition coefficient (Wildman–Crippen LogP) is 2.26. The van der Waals surface area contributed by atoms with Gasteiger partial charge in [-0.25, -0.2) is 0 Å². The second-order valence-electron chi connectivity index (χ2n) is 5.34. The zero-order chi connectivity index (χ0) is 10.8. The summed E-state index contributed by atoms with van der Waals surface area (Å²) in [5.74, 6) is 2.77. The number of aromatic nitrogens is 1. The van der Waals surface area contributed by atoms with E-state index in [2.05, 4.69) is 22.4 Å². The minimum atomic E-state index is 0.887. The SMILES string of the molecule is c1cncc(C[C@H]2CCC[C@@H]3CNC[C@@H]32)c1. The number of hydrogen-bond acceptors (Lipinski definition) is 2. The Balaban J connectivity index is 1.70. The zero-order valence-electron chi connectivity index (χ0n) is 9.73. The average molecular weight is 216 g/mol. The monoisotopic (exact) mass is 216 g/mol. The third kappa shape index (κ3) is 1.99. The smallest absolute Gasteiger partial charge is 0.0299 e. The molecule has 1 aromatic rings. The summed E-state index contributed by atoms with van der Waals surface area (Å²) in [7, 11) is 0. The third-order valence-corrected chi connectivity index (χ3v) is 4.37. The lowest BCUT2D eigenvalue weighted by Gasteiger charge is -2.33. The van der Waals surface area contributed by atoms with Crippen molar-refractivity contribution in [3.8, 4) is 0 Å². The lowest BCUT2D eigenvalue weighted by Crippen LogP contribution is -2.28. The summed E-state index contributed by atoms with van der Waals surface area (Å²) >= 11 is 0. The molecule has 2 heterocycles. The van der Waals surface area contributed by atoms with Gasteiger partial charge in [-0.05, 0) is 61.7 Å². The lowest BCUT2D eigenvalue weighted by molar-refractivity contribution is 0.198. The molecule has 2 nitrogen and oxygen atoms in total. The molecule has 1 aromatic heterocycles. The summed E-state index contributed by atoms with van der Waals surface area (Å²) in [5, 5.41) is 3.56. The van der Waals surface area contributed by atoms with Crippen LogP contribution in [0.15, 0.2) is 24.5 Å². The molecule has 1 aliphatic heterocycles. The molecule has 1 saturated heterocycles. The summed E-state index contributed by atoms with van der Waals surface area (Å²) in [4.78, 5) is 4.22. The molecule has 0 unspecified atom stereocenters. The third-order valence-electron chi connectivity index (χ3n) is 4.37. The molecule has 0 spiro atoms. The van der Waals surface area contributed by atoms with E-state index in [0.717, 1.165) is 17.8 Å². The molecule has 16 heavy (non-hydrogen) atoms. The zero-order valence-corrected chi connectivity index (χ0v) is 9.73. The summed E-state index contributed by atoms with van der Waals surface area (Å²) in [6, 6.07) is 4.28. The van der Waals surface area contributed by atoms with Crippen molar-refractivity contribution in [2.75, 3.05) is 13.1 Å². The van der Waals surface area contributed by atoms with Gasteiger partial charge in [-0.2, -0.15) is 0 Å². The van der Waals surface area contributed by atoms with Crippen LogP contribution < -0.4 is 5.32 Å². The fraction of sp³-hybridized carbons (Fsp3) is 0.643. The molecule has 3 atom stereocenters. The van der Waals surface area contributed by atoms with E-state index in [1.165, 1.54) is 44.3 Å². The van der Waals surface area contributed by atoms with E-state index in [0.29, 0.717) is 0 Å². The van der Waals surface area contributed by atoms with Crippen molar-refractivity contribution in [2.24, 2.45) is 17.8 Å². The highest BCUT2D eigenvalue weighted by atomic mass is 14.9. The van der Waals surface area contributed by atoms with Crippen molar-refractivity contribution in [1.82, 2.24) is 10.3 Å². The fourth-order valence-electron chi connectivity index (χ4n) is 3.55. The Hall–Kier alpha value is -0.890. The number of hydrogen-bond donors (Lipinski definition) is 1. The van der Waals surface area contributed by atoms with Gasteiger partial charge in [0.25, 0.3) is 0 Å². The van der Waals surface area contributed by atoms with Crippen molar-refractivity contribution < 1.29 is 0 Å². The van der Waals surface area contributed by atoms with Crippen molar-refractivity contribution >= 4 is 0 Å². The molecule has 0 radical (unpaired) electrons. The van der Waals surface area contributed by atoms with E-state index in [-0.39, 0.29) is 0 Å².